The SMILES string of the molecule is CCOC(=O)CCNc1cc(Br)ccc1Cl. The normalized spacial score (nSPS) is 9.94. The zero-order valence-electron chi connectivity index (χ0n) is 8.93. The van der Waals surface area contributed by atoms with Crippen LogP contribution >= 0.6 is 27.5 Å². The van der Waals surface area contributed by atoms with E-state index >= 15 is 0 Å². The van der Waals surface area contributed by atoms with Gasteiger partial charge in [-0.1, -0.05) is 27.5 Å². The lowest BCUT2D eigenvalue weighted by molar-refractivity contribution is -0.142. The number of halogens is 2. The van der Waals surface area contributed by atoms with Crippen molar-refractivity contribution >= 4 is 39.2 Å². The molecule has 88 valence electrons. The monoisotopic (exact) mass is 305 g/mol. The average molecular weight is 307 g/mol. The summed E-state index contributed by atoms with van der Waals surface area (Å²) in [7, 11) is 0. The van der Waals surface area contributed by atoms with Crippen LogP contribution in [0.4, 0.5) is 5.69 Å². The molecule has 16 heavy (non-hydrogen) atoms. The zero-order valence-corrected chi connectivity index (χ0v) is 11.3. The molecule has 0 spiro atoms. The number of rotatable bonds is 5. The van der Waals surface area contributed by atoms with E-state index in [2.05, 4.69) is 21.2 Å². The number of carbonyl (C=O) groups is 1. The Morgan fingerprint density at radius 3 is 3.00 bits per heavy atom. The molecule has 3 nitrogen and oxygen atoms in total. The molecule has 0 aliphatic carbocycles. The van der Waals surface area contributed by atoms with Crippen LogP contribution in [0, 0.1) is 0 Å². The smallest absolute Gasteiger partial charge is 0.307 e. The Labute approximate surface area is 108 Å². The van der Waals surface area contributed by atoms with Crippen LogP contribution in [-0.4, -0.2) is 19.1 Å². The molecule has 0 radical (unpaired) electrons. The third kappa shape index (κ3) is 4.41. The second-order valence-electron chi connectivity index (χ2n) is 3.11. The van der Waals surface area contributed by atoms with Gasteiger partial charge in [-0.05, 0) is 25.1 Å². The number of benzene rings is 1. The molecule has 0 fully saturated rings. The lowest BCUT2D eigenvalue weighted by atomic mass is 10.3. The highest BCUT2D eigenvalue weighted by Crippen LogP contribution is 2.25. The topological polar surface area (TPSA) is 38.3 Å². The summed E-state index contributed by atoms with van der Waals surface area (Å²) in [6.45, 7) is 2.71. The molecule has 0 unspecified atom stereocenters. The molecule has 0 bridgehead atoms. The highest BCUT2D eigenvalue weighted by atomic mass is 79.9. The number of carbonyl (C=O) groups excluding carboxylic acids is 1. The van der Waals surface area contributed by atoms with Gasteiger partial charge < -0.3 is 10.1 Å². The quantitative estimate of drug-likeness (QED) is 0.847. The van der Waals surface area contributed by atoms with Gasteiger partial charge in [0.1, 0.15) is 0 Å². The van der Waals surface area contributed by atoms with Gasteiger partial charge in [0, 0.05) is 11.0 Å². The average Bonchev–Trinajstić information content (AvgIpc) is 2.23. The highest BCUT2D eigenvalue weighted by Gasteiger charge is 2.03. The molecule has 0 saturated carbocycles. The number of anilines is 1. The predicted molar refractivity (Wildman–Crippen MR) is 68.9 cm³/mol. The first-order valence-corrected chi connectivity index (χ1v) is 6.15. The van der Waals surface area contributed by atoms with E-state index in [9.17, 15) is 4.79 Å². The van der Waals surface area contributed by atoms with Gasteiger partial charge in [-0.3, -0.25) is 4.79 Å². The molecule has 0 aromatic heterocycles. The molecule has 1 N–H and O–H groups in total. The summed E-state index contributed by atoms with van der Waals surface area (Å²) in [5, 5.41) is 3.71. The molecular formula is C11H13BrClNO2. The van der Waals surface area contributed by atoms with Crippen LogP contribution in [0.2, 0.25) is 5.02 Å². The van der Waals surface area contributed by atoms with Gasteiger partial charge in [0.2, 0.25) is 0 Å². The fraction of sp³-hybridized carbons (Fsp3) is 0.364. The fourth-order valence-electron chi connectivity index (χ4n) is 1.17. The van der Waals surface area contributed by atoms with E-state index in [4.69, 9.17) is 16.3 Å². The fourth-order valence-corrected chi connectivity index (χ4v) is 1.71. The summed E-state index contributed by atoms with van der Waals surface area (Å²) in [5.74, 6) is -0.207. The van der Waals surface area contributed by atoms with E-state index in [1.54, 1.807) is 13.0 Å². The van der Waals surface area contributed by atoms with Crippen LogP contribution in [0.15, 0.2) is 22.7 Å². The Morgan fingerprint density at radius 1 is 1.56 bits per heavy atom. The molecule has 1 aromatic rings. The van der Waals surface area contributed by atoms with Gasteiger partial charge in [0.05, 0.1) is 23.7 Å². The maximum absolute atomic E-state index is 11.1. The number of ether oxygens (including phenoxy) is 1. The second kappa shape index (κ2) is 6.76. The molecule has 0 atom stereocenters. The lowest BCUT2D eigenvalue weighted by Gasteiger charge is -2.08. The number of esters is 1. The van der Waals surface area contributed by atoms with Crippen LogP contribution in [0.1, 0.15) is 13.3 Å². The van der Waals surface area contributed by atoms with E-state index in [0.29, 0.717) is 24.6 Å². The minimum atomic E-state index is -0.207. The Bertz CT molecular complexity index is 371. The number of nitrogens with one attached hydrogen (secondary N) is 1. The maximum atomic E-state index is 11.1. The van der Waals surface area contributed by atoms with Crippen LogP contribution in [0.5, 0.6) is 0 Å². The molecule has 1 rings (SSSR count). The molecule has 0 aliphatic heterocycles. The number of hydrogen-bond acceptors (Lipinski definition) is 3. The lowest BCUT2D eigenvalue weighted by Crippen LogP contribution is -2.11. The summed E-state index contributed by atoms with van der Waals surface area (Å²) >= 11 is 9.32. The third-order valence-electron chi connectivity index (χ3n) is 1.88. The van der Waals surface area contributed by atoms with Crippen LogP contribution in [0.25, 0.3) is 0 Å². The van der Waals surface area contributed by atoms with Crippen molar-refractivity contribution in [3.05, 3.63) is 27.7 Å². The van der Waals surface area contributed by atoms with E-state index < -0.39 is 0 Å². The van der Waals surface area contributed by atoms with Gasteiger partial charge in [-0.2, -0.15) is 0 Å². The summed E-state index contributed by atoms with van der Waals surface area (Å²) in [6.07, 6.45) is 0.330. The van der Waals surface area contributed by atoms with Crippen molar-refractivity contribution in [1.82, 2.24) is 0 Å². The summed E-state index contributed by atoms with van der Waals surface area (Å²) < 4.78 is 5.75. The summed E-state index contributed by atoms with van der Waals surface area (Å²) in [4.78, 5) is 11.1. The molecule has 0 aliphatic rings. The molecule has 5 heteroatoms. The minimum Gasteiger partial charge on any atom is -0.466 e. The molecule has 1 aromatic carbocycles. The third-order valence-corrected chi connectivity index (χ3v) is 2.70. The first-order chi connectivity index (χ1) is 7.63. The maximum Gasteiger partial charge on any atom is 0.307 e. The second-order valence-corrected chi connectivity index (χ2v) is 4.43. The van der Waals surface area contributed by atoms with E-state index in [-0.39, 0.29) is 5.97 Å². The first-order valence-electron chi connectivity index (χ1n) is 4.98. The van der Waals surface area contributed by atoms with E-state index in [0.717, 1.165) is 10.2 Å². The van der Waals surface area contributed by atoms with E-state index in [1.807, 2.05) is 12.1 Å². The summed E-state index contributed by atoms with van der Waals surface area (Å²) in [5.41, 5.74) is 0.806. The molecular weight excluding hydrogens is 293 g/mol. The van der Waals surface area contributed by atoms with Crippen LogP contribution in [0.3, 0.4) is 0 Å². The van der Waals surface area contributed by atoms with Crippen molar-refractivity contribution in [3.8, 4) is 0 Å². The molecule has 0 amide bonds. The van der Waals surface area contributed by atoms with Crippen molar-refractivity contribution < 1.29 is 9.53 Å². The van der Waals surface area contributed by atoms with Crippen molar-refractivity contribution in [2.45, 2.75) is 13.3 Å². The minimum absolute atomic E-state index is 0.207. The Hall–Kier alpha value is -0.740. The first kappa shape index (κ1) is 13.3. The van der Waals surface area contributed by atoms with Crippen LogP contribution in [-0.2, 0) is 9.53 Å². The standard InChI is InChI=1S/C11H13BrClNO2/c1-2-16-11(15)5-6-14-10-7-8(12)3-4-9(10)13/h3-4,7,14H,2,5-6H2,1H3. The Morgan fingerprint density at radius 2 is 2.31 bits per heavy atom. The van der Waals surface area contributed by atoms with E-state index in [1.165, 1.54) is 0 Å². The summed E-state index contributed by atoms with van der Waals surface area (Å²) in [6, 6.07) is 5.52. The van der Waals surface area contributed by atoms with Crippen LogP contribution < -0.4 is 5.32 Å². The van der Waals surface area contributed by atoms with Crippen molar-refractivity contribution in [3.63, 3.8) is 0 Å². The Kier molecular flexibility index (Phi) is 5.63. The molecule has 0 heterocycles. The van der Waals surface area contributed by atoms with Crippen molar-refractivity contribution in [1.29, 1.82) is 0 Å². The number of hydrogen-bond donors (Lipinski definition) is 1. The molecule has 0 saturated heterocycles. The van der Waals surface area contributed by atoms with Gasteiger partial charge in [0.25, 0.3) is 0 Å². The largest absolute Gasteiger partial charge is 0.466 e. The van der Waals surface area contributed by atoms with Crippen molar-refractivity contribution in [2.24, 2.45) is 0 Å². The van der Waals surface area contributed by atoms with Gasteiger partial charge in [0.15, 0.2) is 0 Å². The van der Waals surface area contributed by atoms with Gasteiger partial charge >= 0.3 is 5.97 Å². The van der Waals surface area contributed by atoms with Gasteiger partial charge in [-0.15, -0.1) is 0 Å². The van der Waals surface area contributed by atoms with Gasteiger partial charge in [-0.25, -0.2) is 0 Å². The Balaban J connectivity index is 2.42. The highest BCUT2D eigenvalue weighted by molar-refractivity contribution is 9.10. The predicted octanol–water partition coefficient (Wildman–Crippen LogP) is 3.47. The van der Waals surface area contributed by atoms with Crippen molar-refractivity contribution in [2.75, 3.05) is 18.5 Å². The zero-order chi connectivity index (χ0) is 12.0.